The van der Waals surface area contributed by atoms with Gasteiger partial charge in [-0.1, -0.05) is 12.1 Å². The molecule has 1 aromatic heterocycles. The number of likely N-dealkylation sites (N-methyl/N-ethyl adjacent to an activating group) is 1. The third-order valence-corrected chi connectivity index (χ3v) is 3.25. The summed E-state index contributed by atoms with van der Waals surface area (Å²) in [6.45, 7) is 4.90. The van der Waals surface area contributed by atoms with Gasteiger partial charge in [0.25, 0.3) is 5.91 Å². The number of oxazole rings is 1. The van der Waals surface area contributed by atoms with Crippen LogP contribution in [0.5, 0.6) is 5.95 Å². The van der Waals surface area contributed by atoms with Crippen LogP contribution >= 0.6 is 0 Å². The van der Waals surface area contributed by atoms with Crippen molar-refractivity contribution in [2.45, 2.75) is 20.3 Å². The van der Waals surface area contributed by atoms with Gasteiger partial charge in [0.15, 0.2) is 5.89 Å². The zero-order chi connectivity index (χ0) is 16.8. The van der Waals surface area contributed by atoms with Crippen LogP contribution < -0.4 is 10.1 Å². The largest absolute Gasteiger partial charge is 0.464 e. The quantitative estimate of drug-likeness (QED) is 0.850. The van der Waals surface area contributed by atoms with Gasteiger partial charge in [-0.15, -0.1) is 0 Å². The smallest absolute Gasteiger partial charge is 0.318 e. The molecule has 2 rings (SSSR count). The molecule has 0 aliphatic carbocycles. The molecule has 2 aromatic rings. The van der Waals surface area contributed by atoms with Crippen molar-refractivity contribution in [1.29, 1.82) is 0 Å². The van der Waals surface area contributed by atoms with E-state index in [1.54, 1.807) is 6.92 Å². The highest BCUT2D eigenvalue weighted by molar-refractivity contribution is 6.04. The molecule has 1 amide bonds. The van der Waals surface area contributed by atoms with Crippen LogP contribution in [0.15, 0.2) is 28.7 Å². The summed E-state index contributed by atoms with van der Waals surface area (Å²) in [5.41, 5.74) is 2.11. The highest BCUT2D eigenvalue weighted by Gasteiger charge is 2.20. The Morgan fingerprint density at radius 3 is 2.61 bits per heavy atom. The molecule has 0 fully saturated rings. The van der Waals surface area contributed by atoms with Crippen LogP contribution in [0.25, 0.3) is 0 Å². The first-order chi connectivity index (χ1) is 11.0. The minimum atomic E-state index is -0.341. The van der Waals surface area contributed by atoms with Gasteiger partial charge in [-0.3, -0.25) is 4.79 Å². The Kier molecular flexibility index (Phi) is 5.76. The van der Waals surface area contributed by atoms with Gasteiger partial charge < -0.3 is 19.4 Å². The molecule has 0 saturated carbocycles. The van der Waals surface area contributed by atoms with E-state index < -0.39 is 0 Å². The van der Waals surface area contributed by atoms with Crippen LogP contribution in [0.2, 0.25) is 0 Å². The number of carbonyl (C=O) groups excluding carboxylic acids is 1. The topological polar surface area (TPSA) is 67.6 Å². The van der Waals surface area contributed by atoms with Crippen molar-refractivity contribution in [3.05, 3.63) is 41.4 Å². The number of amides is 1. The van der Waals surface area contributed by atoms with Gasteiger partial charge in [-0.25, -0.2) is 4.98 Å². The second-order valence-electron chi connectivity index (χ2n) is 5.51. The third-order valence-electron chi connectivity index (χ3n) is 3.25. The van der Waals surface area contributed by atoms with E-state index in [1.807, 2.05) is 45.3 Å². The third kappa shape index (κ3) is 4.82. The van der Waals surface area contributed by atoms with Crippen molar-refractivity contribution in [2.24, 2.45) is 0 Å². The van der Waals surface area contributed by atoms with E-state index in [9.17, 15) is 4.79 Å². The molecule has 1 heterocycles. The summed E-state index contributed by atoms with van der Waals surface area (Å²) in [6, 6.07) is 7.79. The van der Waals surface area contributed by atoms with Crippen molar-refractivity contribution in [1.82, 2.24) is 9.88 Å². The summed E-state index contributed by atoms with van der Waals surface area (Å²) in [7, 11) is 4.09. The standard InChI is InChI=1S/C17H23N3O3/c1-5-22-17-15(18-12(2)23-17)16(21)19-14-8-6-13(7-9-14)10-11-20(3)4/h6-9H,5,10-11H2,1-4H3,(H,19,21). The molecule has 0 radical (unpaired) electrons. The average Bonchev–Trinajstić information content (AvgIpc) is 2.88. The molecular formula is C17H23N3O3. The number of ether oxygens (including phenoxy) is 1. The fourth-order valence-electron chi connectivity index (χ4n) is 2.08. The minimum absolute atomic E-state index is 0.158. The molecule has 23 heavy (non-hydrogen) atoms. The van der Waals surface area contributed by atoms with E-state index in [1.165, 1.54) is 5.56 Å². The number of rotatable bonds is 7. The highest BCUT2D eigenvalue weighted by atomic mass is 16.6. The number of nitrogens with one attached hydrogen (secondary N) is 1. The van der Waals surface area contributed by atoms with E-state index in [-0.39, 0.29) is 17.5 Å². The first-order valence-electron chi connectivity index (χ1n) is 7.65. The zero-order valence-corrected chi connectivity index (χ0v) is 14.0. The predicted octanol–water partition coefficient (Wildman–Crippen LogP) is 2.74. The lowest BCUT2D eigenvalue weighted by molar-refractivity contribution is 0.101. The molecule has 6 nitrogen and oxygen atoms in total. The SMILES string of the molecule is CCOc1oc(C)nc1C(=O)Nc1ccc(CCN(C)C)cc1. The van der Waals surface area contributed by atoms with Gasteiger partial charge in [-0.05, 0) is 45.1 Å². The number of hydrogen-bond donors (Lipinski definition) is 1. The molecule has 0 spiro atoms. The van der Waals surface area contributed by atoms with Crippen molar-refractivity contribution in [3.63, 3.8) is 0 Å². The molecule has 0 unspecified atom stereocenters. The Labute approximate surface area is 136 Å². The lowest BCUT2D eigenvalue weighted by atomic mass is 10.1. The van der Waals surface area contributed by atoms with E-state index in [0.717, 1.165) is 13.0 Å². The Morgan fingerprint density at radius 1 is 1.30 bits per heavy atom. The lowest BCUT2D eigenvalue weighted by Gasteiger charge is -2.10. The van der Waals surface area contributed by atoms with Crippen molar-refractivity contribution >= 4 is 11.6 Å². The molecule has 0 saturated heterocycles. The molecule has 124 valence electrons. The summed E-state index contributed by atoms with van der Waals surface area (Å²) < 4.78 is 10.6. The summed E-state index contributed by atoms with van der Waals surface area (Å²) in [5.74, 6) is 0.217. The molecular weight excluding hydrogens is 294 g/mol. The van der Waals surface area contributed by atoms with Crippen LogP contribution in [0, 0.1) is 6.92 Å². The average molecular weight is 317 g/mol. The molecule has 0 atom stereocenters. The summed E-state index contributed by atoms with van der Waals surface area (Å²) in [6.07, 6.45) is 0.970. The van der Waals surface area contributed by atoms with Gasteiger partial charge in [0.1, 0.15) is 0 Å². The Hall–Kier alpha value is -2.34. The summed E-state index contributed by atoms with van der Waals surface area (Å²) >= 11 is 0. The van der Waals surface area contributed by atoms with Crippen molar-refractivity contribution < 1.29 is 13.9 Å². The minimum Gasteiger partial charge on any atom is -0.464 e. The molecule has 1 N–H and O–H groups in total. The first kappa shape index (κ1) is 17.0. The van der Waals surface area contributed by atoms with Gasteiger partial charge in [0, 0.05) is 19.2 Å². The fraction of sp³-hybridized carbons (Fsp3) is 0.412. The van der Waals surface area contributed by atoms with E-state index in [4.69, 9.17) is 9.15 Å². The lowest BCUT2D eigenvalue weighted by Crippen LogP contribution is -2.15. The van der Waals surface area contributed by atoms with Crippen LogP contribution in [-0.2, 0) is 6.42 Å². The number of hydrogen-bond acceptors (Lipinski definition) is 5. The monoisotopic (exact) mass is 317 g/mol. The normalized spacial score (nSPS) is 10.8. The number of carbonyl (C=O) groups is 1. The summed E-state index contributed by atoms with van der Waals surface area (Å²) in [4.78, 5) is 18.5. The predicted molar refractivity (Wildman–Crippen MR) is 89.1 cm³/mol. The van der Waals surface area contributed by atoms with Crippen LogP contribution in [-0.4, -0.2) is 43.0 Å². The molecule has 0 bridgehead atoms. The van der Waals surface area contributed by atoms with Crippen LogP contribution in [0.3, 0.4) is 0 Å². The van der Waals surface area contributed by atoms with E-state index >= 15 is 0 Å². The van der Waals surface area contributed by atoms with Crippen LogP contribution in [0.1, 0.15) is 28.9 Å². The Balaban J connectivity index is 2.02. The Morgan fingerprint density at radius 2 is 2.00 bits per heavy atom. The molecule has 0 aliphatic heterocycles. The molecule has 6 heteroatoms. The maximum Gasteiger partial charge on any atom is 0.318 e. The van der Waals surface area contributed by atoms with Crippen LogP contribution in [0.4, 0.5) is 5.69 Å². The van der Waals surface area contributed by atoms with Gasteiger partial charge >= 0.3 is 5.95 Å². The Bertz CT molecular complexity index is 648. The van der Waals surface area contributed by atoms with Crippen molar-refractivity contribution in [2.75, 3.05) is 32.6 Å². The number of anilines is 1. The maximum atomic E-state index is 12.3. The summed E-state index contributed by atoms with van der Waals surface area (Å²) in [5, 5.41) is 2.81. The van der Waals surface area contributed by atoms with E-state index in [2.05, 4.69) is 15.2 Å². The first-order valence-corrected chi connectivity index (χ1v) is 7.65. The number of nitrogens with zero attached hydrogens (tertiary/aromatic N) is 2. The molecule has 0 aliphatic rings. The van der Waals surface area contributed by atoms with Gasteiger partial charge in [0.05, 0.1) is 6.61 Å². The maximum absolute atomic E-state index is 12.3. The van der Waals surface area contributed by atoms with Gasteiger partial charge in [0.2, 0.25) is 5.69 Å². The second-order valence-corrected chi connectivity index (χ2v) is 5.51. The fourth-order valence-corrected chi connectivity index (χ4v) is 2.08. The second kappa shape index (κ2) is 7.78. The molecule has 1 aromatic carbocycles. The van der Waals surface area contributed by atoms with Crippen molar-refractivity contribution in [3.8, 4) is 5.95 Å². The zero-order valence-electron chi connectivity index (χ0n) is 14.0. The highest BCUT2D eigenvalue weighted by Crippen LogP contribution is 2.21. The van der Waals surface area contributed by atoms with E-state index in [0.29, 0.717) is 18.2 Å². The number of benzene rings is 1. The number of aromatic nitrogens is 1. The number of aryl methyl sites for hydroxylation is 1. The van der Waals surface area contributed by atoms with Gasteiger partial charge in [-0.2, -0.15) is 0 Å².